The molecule has 1 aliphatic heterocycles. The minimum absolute atomic E-state index is 0.0110. The van der Waals surface area contributed by atoms with Gasteiger partial charge in [0.15, 0.2) is 11.5 Å². The number of carbonyl (C=O) groups excluding carboxylic acids is 1. The molecule has 0 radical (unpaired) electrons. The summed E-state index contributed by atoms with van der Waals surface area (Å²) in [5, 5.41) is 9.45. The second-order valence-corrected chi connectivity index (χ2v) is 4.78. The van der Waals surface area contributed by atoms with E-state index in [0.29, 0.717) is 13.0 Å². The Labute approximate surface area is 110 Å². The summed E-state index contributed by atoms with van der Waals surface area (Å²) in [4.78, 5) is 32.6. The highest BCUT2D eigenvalue weighted by molar-refractivity contribution is 5.96. The van der Waals surface area contributed by atoms with Gasteiger partial charge in [0.25, 0.3) is 5.91 Å². The second kappa shape index (κ2) is 4.83. The fraction of sp³-hybridized carbons (Fsp3) is 0.500. The van der Waals surface area contributed by atoms with Gasteiger partial charge in [0, 0.05) is 18.9 Å². The maximum Gasteiger partial charge on any atom is 0.329 e. The van der Waals surface area contributed by atoms with Crippen LogP contribution in [0.15, 0.2) is 12.4 Å². The monoisotopic (exact) mass is 264 g/mol. The predicted molar refractivity (Wildman–Crippen MR) is 67.8 cm³/mol. The van der Waals surface area contributed by atoms with Crippen LogP contribution in [0.25, 0.3) is 0 Å². The van der Waals surface area contributed by atoms with Gasteiger partial charge in [-0.05, 0) is 26.2 Å². The van der Waals surface area contributed by atoms with Crippen LogP contribution in [-0.4, -0.2) is 39.0 Å². The van der Waals surface area contributed by atoms with E-state index in [9.17, 15) is 14.7 Å². The Hall–Kier alpha value is -2.18. The van der Waals surface area contributed by atoms with Crippen molar-refractivity contribution in [2.24, 2.45) is 5.73 Å². The fourth-order valence-corrected chi connectivity index (χ4v) is 2.38. The van der Waals surface area contributed by atoms with E-state index in [4.69, 9.17) is 5.73 Å². The first-order chi connectivity index (χ1) is 8.97. The molecule has 0 aliphatic carbocycles. The number of carbonyl (C=O) groups is 2. The van der Waals surface area contributed by atoms with Crippen LogP contribution in [-0.2, 0) is 4.79 Å². The van der Waals surface area contributed by atoms with Crippen LogP contribution in [0.3, 0.4) is 0 Å². The molecular weight excluding hydrogens is 248 g/mol. The molecule has 2 rings (SSSR count). The highest BCUT2D eigenvalue weighted by atomic mass is 16.4. The van der Waals surface area contributed by atoms with E-state index in [1.807, 2.05) is 0 Å². The number of hydrogen-bond acceptors (Lipinski definition) is 5. The van der Waals surface area contributed by atoms with Crippen molar-refractivity contribution in [3.63, 3.8) is 0 Å². The van der Waals surface area contributed by atoms with Gasteiger partial charge in [-0.25, -0.2) is 14.8 Å². The molecule has 0 bridgehead atoms. The van der Waals surface area contributed by atoms with Crippen LogP contribution >= 0.6 is 0 Å². The van der Waals surface area contributed by atoms with Crippen molar-refractivity contribution in [2.75, 3.05) is 11.4 Å². The topological polar surface area (TPSA) is 109 Å². The predicted octanol–water partition coefficient (Wildman–Crippen LogP) is 0.409. The Bertz CT molecular complexity index is 519. The maximum absolute atomic E-state index is 11.5. The lowest BCUT2D eigenvalue weighted by molar-refractivity contribution is -0.143. The van der Waals surface area contributed by atoms with E-state index in [0.717, 1.165) is 12.8 Å². The summed E-state index contributed by atoms with van der Waals surface area (Å²) in [5.41, 5.74) is 4.20. The summed E-state index contributed by atoms with van der Waals surface area (Å²) in [6, 6.07) is 0. The molecule has 1 atom stereocenters. The molecule has 1 aliphatic rings. The molecule has 19 heavy (non-hydrogen) atoms. The van der Waals surface area contributed by atoms with Crippen LogP contribution in [0.1, 0.15) is 36.7 Å². The summed E-state index contributed by atoms with van der Waals surface area (Å²) in [6.45, 7) is 2.15. The minimum atomic E-state index is -1.08. The SMILES string of the molecule is CC1(C(=O)O)CCCCN1c1nccnc1C(N)=O. The Balaban J connectivity index is 2.49. The normalized spacial score (nSPS) is 23.1. The van der Waals surface area contributed by atoms with Crippen LogP contribution in [0, 0.1) is 0 Å². The Kier molecular flexibility index (Phi) is 3.37. The standard InChI is InChI=1S/C12H16N4O3/c1-12(11(18)19)4-2-3-7-16(12)10-8(9(13)17)14-5-6-15-10/h5-6H,2-4,7H2,1H3,(H2,13,17)(H,18,19). The number of rotatable bonds is 3. The number of hydrogen-bond donors (Lipinski definition) is 2. The molecule has 3 N–H and O–H groups in total. The Morgan fingerprint density at radius 3 is 2.68 bits per heavy atom. The quantitative estimate of drug-likeness (QED) is 0.818. The van der Waals surface area contributed by atoms with Crippen molar-refractivity contribution >= 4 is 17.7 Å². The zero-order chi connectivity index (χ0) is 14.0. The summed E-state index contributed by atoms with van der Waals surface area (Å²) >= 11 is 0. The lowest BCUT2D eigenvalue weighted by Gasteiger charge is -2.42. The minimum Gasteiger partial charge on any atom is -0.480 e. The fourth-order valence-electron chi connectivity index (χ4n) is 2.38. The largest absolute Gasteiger partial charge is 0.480 e. The number of piperidine rings is 1. The number of primary amides is 1. The van der Waals surface area contributed by atoms with Crippen molar-refractivity contribution in [3.05, 3.63) is 18.1 Å². The van der Waals surface area contributed by atoms with Crippen molar-refractivity contribution in [2.45, 2.75) is 31.7 Å². The van der Waals surface area contributed by atoms with E-state index in [1.54, 1.807) is 11.8 Å². The molecule has 0 aromatic carbocycles. The molecule has 7 heteroatoms. The lowest BCUT2D eigenvalue weighted by atomic mass is 9.88. The van der Waals surface area contributed by atoms with Crippen molar-refractivity contribution in [3.8, 4) is 0 Å². The van der Waals surface area contributed by atoms with Crippen LogP contribution in [0.5, 0.6) is 0 Å². The van der Waals surface area contributed by atoms with E-state index in [2.05, 4.69) is 9.97 Å². The number of aliphatic carboxylic acids is 1. The molecule has 2 heterocycles. The molecule has 1 saturated heterocycles. The third-order valence-electron chi connectivity index (χ3n) is 3.52. The van der Waals surface area contributed by atoms with Gasteiger partial charge in [-0.1, -0.05) is 0 Å². The first-order valence-corrected chi connectivity index (χ1v) is 6.08. The third kappa shape index (κ3) is 2.23. The molecule has 1 aromatic heterocycles. The van der Waals surface area contributed by atoms with Gasteiger partial charge in [-0.3, -0.25) is 4.79 Å². The second-order valence-electron chi connectivity index (χ2n) is 4.78. The molecular formula is C12H16N4O3. The first kappa shape index (κ1) is 13.3. The average Bonchev–Trinajstić information content (AvgIpc) is 2.39. The zero-order valence-corrected chi connectivity index (χ0v) is 10.7. The maximum atomic E-state index is 11.5. The molecule has 7 nitrogen and oxygen atoms in total. The highest BCUT2D eigenvalue weighted by Crippen LogP contribution is 2.33. The van der Waals surface area contributed by atoms with Gasteiger partial charge < -0.3 is 15.7 Å². The van der Waals surface area contributed by atoms with Crippen molar-refractivity contribution in [1.82, 2.24) is 9.97 Å². The smallest absolute Gasteiger partial charge is 0.329 e. The highest BCUT2D eigenvalue weighted by Gasteiger charge is 2.43. The summed E-state index contributed by atoms with van der Waals surface area (Å²) in [7, 11) is 0. The average molecular weight is 264 g/mol. The lowest BCUT2D eigenvalue weighted by Crippen LogP contribution is -2.56. The number of carboxylic acids is 1. The number of anilines is 1. The van der Waals surface area contributed by atoms with Crippen LogP contribution in [0.4, 0.5) is 5.82 Å². The van der Waals surface area contributed by atoms with Gasteiger partial charge in [0.2, 0.25) is 0 Å². The van der Waals surface area contributed by atoms with Crippen molar-refractivity contribution < 1.29 is 14.7 Å². The first-order valence-electron chi connectivity index (χ1n) is 6.08. The third-order valence-corrected chi connectivity index (χ3v) is 3.52. The molecule has 1 fully saturated rings. The van der Waals surface area contributed by atoms with E-state index in [1.165, 1.54) is 12.4 Å². The van der Waals surface area contributed by atoms with E-state index >= 15 is 0 Å². The van der Waals surface area contributed by atoms with Crippen molar-refractivity contribution in [1.29, 1.82) is 0 Å². The van der Waals surface area contributed by atoms with Crippen LogP contribution in [0.2, 0.25) is 0 Å². The number of aromatic nitrogens is 2. The molecule has 102 valence electrons. The zero-order valence-electron chi connectivity index (χ0n) is 10.7. The number of amides is 1. The van der Waals surface area contributed by atoms with Gasteiger partial charge in [0.05, 0.1) is 0 Å². The summed E-state index contributed by atoms with van der Waals surface area (Å²) in [5.74, 6) is -1.39. The van der Waals surface area contributed by atoms with Crippen LogP contribution < -0.4 is 10.6 Å². The summed E-state index contributed by atoms with van der Waals surface area (Å²) < 4.78 is 0. The van der Waals surface area contributed by atoms with E-state index in [-0.39, 0.29) is 11.5 Å². The van der Waals surface area contributed by atoms with E-state index < -0.39 is 17.4 Å². The Morgan fingerprint density at radius 2 is 2.05 bits per heavy atom. The summed E-state index contributed by atoms with van der Waals surface area (Å²) in [6.07, 6.45) is 4.96. The number of carboxylic acid groups (broad SMARTS) is 1. The molecule has 1 unspecified atom stereocenters. The number of nitrogens with two attached hydrogens (primary N) is 1. The Morgan fingerprint density at radius 1 is 1.37 bits per heavy atom. The van der Waals surface area contributed by atoms with Gasteiger partial charge in [0.1, 0.15) is 5.54 Å². The molecule has 0 saturated carbocycles. The number of nitrogens with zero attached hydrogens (tertiary/aromatic N) is 3. The molecule has 1 amide bonds. The molecule has 0 spiro atoms. The molecule has 1 aromatic rings. The van der Waals surface area contributed by atoms with Gasteiger partial charge in [-0.2, -0.15) is 0 Å². The van der Waals surface area contributed by atoms with Gasteiger partial charge in [-0.15, -0.1) is 0 Å². The van der Waals surface area contributed by atoms with Gasteiger partial charge >= 0.3 is 5.97 Å².